The molecule has 1 nitrogen and oxygen atoms in total. The van der Waals surface area contributed by atoms with E-state index in [2.05, 4.69) is 0 Å². The van der Waals surface area contributed by atoms with Crippen molar-refractivity contribution in [2.45, 2.75) is 38.3 Å². The predicted molar refractivity (Wildman–Crippen MR) is 84.0 cm³/mol. The standard InChI is InChI=1S/C19H21FO/c20-18(13-7-12-16-8-3-1-4-9-16)19(21)15-14-17-10-5-2-6-11-17/h1-6,8-11,18H,7,12-15H2. The van der Waals surface area contributed by atoms with Crippen LogP contribution in [0.15, 0.2) is 60.7 Å². The van der Waals surface area contributed by atoms with Gasteiger partial charge in [-0.1, -0.05) is 60.7 Å². The van der Waals surface area contributed by atoms with Gasteiger partial charge in [-0.25, -0.2) is 4.39 Å². The molecule has 0 fully saturated rings. The normalized spacial score (nSPS) is 12.0. The lowest BCUT2D eigenvalue weighted by Gasteiger charge is -2.07. The molecule has 0 amide bonds. The fourth-order valence-electron chi connectivity index (χ4n) is 2.36. The summed E-state index contributed by atoms with van der Waals surface area (Å²) in [5, 5.41) is 0. The van der Waals surface area contributed by atoms with E-state index in [0.29, 0.717) is 19.3 Å². The Hall–Kier alpha value is -1.96. The van der Waals surface area contributed by atoms with Crippen LogP contribution in [0.25, 0.3) is 0 Å². The molecule has 1 atom stereocenters. The van der Waals surface area contributed by atoms with Gasteiger partial charge in [0.25, 0.3) is 0 Å². The van der Waals surface area contributed by atoms with Crippen molar-refractivity contribution >= 4 is 5.78 Å². The van der Waals surface area contributed by atoms with Crippen LogP contribution in [0.1, 0.15) is 30.4 Å². The Kier molecular flexibility index (Phi) is 6.14. The summed E-state index contributed by atoms with van der Waals surface area (Å²) in [6, 6.07) is 19.7. The number of hydrogen-bond donors (Lipinski definition) is 0. The van der Waals surface area contributed by atoms with E-state index in [1.807, 2.05) is 60.7 Å². The molecule has 21 heavy (non-hydrogen) atoms. The van der Waals surface area contributed by atoms with Gasteiger partial charge in [0.1, 0.15) is 0 Å². The number of benzene rings is 2. The lowest BCUT2D eigenvalue weighted by molar-refractivity contribution is -0.124. The van der Waals surface area contributed by atoms with Crippen molar-refractivity contribution in [3.8, 4) is 0 Å². The molecular formula is C19H21FO. The minimum atomic E-state index is -1.32. The molecule has 0 aliphatic carbocycles. The molecule has 0 saturated carbocycles. The average molecular weight is 284 g/mol. The smallest absolute Gasteiger partial charge is 0.167 e. The lowest BCUT2D eigenvalue weighted by atomic mass is 10.0. The Morgan fingerprint density at radius 2 is 1.38 bits per heavy atom. The molecule has 0 radical (unpaired) electrons. The summed E-state index contributed by atoms with van der Waals surface area (Å²) < 4.78 is 13.9. The molecule has 2 heteroatoms. The van der Waals surface area contributed by atoms with Crippen LogP contribution in [-0.4, -0.2) is 12.0 Å². The van der Waals surface area contributed by atoms with Crippen molar-refractivity contribution in [1.29, 1.82) is 0 Å². The summed E-state index contributed by atoms with van der Waals surface area (Å²) in [6.45, 7) is 0. The van der Waals surface area contributed by atoms with Crippen LogP contribution < -0.4 is 0 Å². The van der Waals surface area contributed by atoms with Gasteiger partial charge in [0.15, 0.2) is 12.0 Å². The Balaban J connectivity index is 1.68. The molecule has 0 heterocycles. The molecule has 0 aromatic heterocycles. The molecule has 2 aromatic rings. The summed E-state index contributed by atoms with van der Waals surface area (Å²) in [5.74, 6) is -0.271. The molecule has 0 aliphatic rings. The van der Waals surface area contributed by atoms with E-state index in [9.17, 15) is 9.18 Å². The number of carbonyl (C=O) groups excluding carboxylic acids is 1. The number of halogens is 1. The van der Waals surface area contributed by atoms with Crippen molar-refractivity contribution in [3.05, 3.63) is 71.8 Å². The van der Waals surface area contributed by atoms with E-state index in [1.54, 1.807) is 0 Å². The maximum absolute atomic E-state index is 13.9. The van der Waals surface area contributed by atoms with Crippen LogP contribution in [0.3, 0.4) is 0 Å². The zero-order chi connectivity index (χ0) is 14.9. The Labute approximate surface area is 125 Å². The zero-order valence-electron chi connectivity index (χ0n) is 12.2. The third kappa shape index (κ3) is 5.50. The molecule has 0 aliphatic heterocycles. The molecule has 1 unspecified atom stereocenters. The number of alkyl halides is 1. The van der Waals surface area contributed by atoms with Gasteiger partial charge in [-0.15, -0.1) is 0 Å². The van der Waals surface area contributed by atoms with E-state index in [1.165, 1.54) is 5.56 Å². The maximum Gasteiger partial charge on any atom is 0.167 e. The van der Waals surface area contributed by atoms with Gasteiger partial charge in [0, 0.05) is 6.42 Å². The highest BCUT2D eigenvalue weighted by atomic mass is 19.1. The van der Waals surface area contributed by atoms with Gasteiger partial charge in [-0.3, -0.25) is 4.79 Å². The second kappa shape index (κ2) is 8.35. The van der Waals surface area contributed by atoms with Crippen LogP contribution in [0.4, 0.5) is 4.39 Å². The first-order valence-electron chi connectivity index (χ1n) is 7.50. The fraction of sp³-hybridized carbons (Fsp3) is 0.316. The molecule has 110 valence electrons. The largest absolute Gasteiger partial charge is 0.296 e. The van der Waals surface area contributed by atoms with Crippen LogP contribution in [0, 0.1) is 0 Å². The average Bonchev–Trinajstić information content (AvgIpc) is 2.54. The number of Topliss-reactive ketones (excluding diaryl/α,β-unsaturated/α-hetero) is 1. The number of carbonyl (C=O) groups is 1. The highest BCUT2D eigenvalue weighted by Crippen LogP contribution is 2.12. The SMILES string of the molecule is O=C(CCc1ccccc1)C(F)CCCc1ccccc1. The predicted octanol–water partition coefficient (Wildman–Crippen LogP) is 4.55. The summed E-state index contributed by atoms with van der Waals surface area (Å²) in [4.78, 5) is 11.8. The molecule has 2 rings (SSSR count). The van der Waals surface area contributed by atoms with E-state index in [0.717, 1.165) is 12.0 Å². The van der Waals surface area contributed by atoms with Crippen LogP contribution in [0.5, 0.6) is 0 Å². The van der Waals surface area contributed by atoms with Gasteiger partial charge >= 0.3 is 0 Å². The Morgan fingerprint density at radius 3 is 1.95 bits per heavy atom. The highest BCUT2D eigenvalue weighted by molar-refractivity contribution is 5.83. The summed E-state index contributed by atoms with van der Waals surface area (Å²) in [7, 11) is 0. The van der Waals surface area contributed by atoms with Gasteiger partial charge in [-0.2, -0.15) is 0 Å². The van der Waals surface area contributed by atoms with Crippen molar-refractivity contribution in [2.24, 2.45) is 0 Å². The van der Waals surface area contributed by atoms with E-state index < -0.39 is 6.17 Å². The van der Waals surface area contributed by atoms with E-state index in [-0.39, 0.29) is 12.2 Å². The van der Waals surface area contributed by atoms with Crippen molar-refractivity contribution in [2.75, 3.05) is 0 Å². The third-order valence-corrected chi connectivity index (χ3v) is 3.62. The number of ketones is 1. The Morgan fingerprint density at radius 1 is 0.857 bits per heavy atom. The quantitative estimate of drug-likeness (QED) is 0.695. The first-order valence-corrected chi connectivity index (χ1v) is 7.50. The van der Waals surface area contributed by atoms with Gasteiger partial charge in [0.05, 0.1) is 0 Å². The minimum Gasteiger partial charge on any atom is -0.296 e. The molecule has 0 N–H and O–H groups in total. The third-order valence-electron chi connectivity index (χ3n) is 3.62. The second-order valence-corrected chi connectivity index (χ2v) is 5.30. The Bertz CT molecular complexity index is 536. The fourth-order valence-corrected chi connectivity index (χ4v) is 2.36. The molecular weight excluding hydrogens is 263 g/mol. The van der Waals surface area contributed by atoms with Crippen molar-refractivity contribution in [1.82, 2.24) is 0 Å². The van der Waals surface area contributed by atoms with Crippen molar-refractivity contribution in [3.63, 3.8) is 0 Å². The molecule has 0 bridgehead atoms. The molecule has 2 aromatic carbocycles. The summed E-state index contributed by atoms with van der Waals surface area (Å²) in [6.07, 6.45) is 1.45. The minimum absolute atomic E-state index is 0.271. The summed E-state index contributed by atoms with van der Waals surface area (Å²) >= 11 is 0. The zero-order valence-corrected chi connectivity index (χ0v) is 12.2. The first-order chi connectivity index (χ1) is 10.3. The van der Waals surface area contributed by atoms with Gasteiger partial charge < -0.3 is 0 Å². The first kappa shape index (κ1) is 15.4. The monoisotopic (exact) mass is 284 g/mol. The molecule has 0 saturated heterocycles. The van der Waals surface area contributed by atoms with E-state index in [4.69, 9.17) is 0 Å². The topological polar surface area (TPSA) is 17.1 Å². The highest BCUT2D eigenvalue weighted by Gasteiger charge is 2.16. The van der Waals surface area contributed by atoms with Crippen LogP contribution in [-0.2, 0) is 17.6 Å². The molecule has 0 spiro atoms. The maximum atomic E-state index is 13.9. The van der Waals surface area contributed by atoms with Gasteiger partial charge in [-0.05, 0) is 36.8 Å². The number of hydrogen-bond acceptors (Lipinski definition) is 1. The summed E-state index contributed by atoms with van der Waals surface area (Å²) in [5.41, 5.74) is 2.28. The number of rotatable bonds is 8. The lowest BCUT2D eigenvalue weighted by Crippen LogP contribution is -2.16. The van der Waals surface area contributed by atoms with Crippen molar-refractivity contribution < 1.29 is 9.18 Å². The van der Waals surface area contributed by atoms with Gasteiger partial charge in [0.2, 0.25) is 0 Å². The van der Waals surface area contributed by atoms with Crippen LogP contribution in [0.2, 0.25) is 0 Å². The van der Waals surface area contributed by atoms with Crippen LogP contribution >= 0.6 is 0 Å². The van der Waals surface area contributed by atoms with E-state index >= 15 is 0 Å². The number of aryl methyl sites for hydroxylation is 2. The second-order valence-electron chi connectivity index (χ2n) is 5.30.